The average molecular weight is 327 g/mol. The summed E-state index contributed by atoms with van der Waals surface area (Å²) in [7, 11) is 2.13. The minimum absolute atomic E-state index is 0.316. The first-order valence-corrected chi connectivity index (χ1v) is 9.46. The molecule has 3 unspecified atom stereocenters. The van der Waals surface area contributed by atoms with Crippen molar-refractivity contribution in [2.75, 3.05) is 29.9 Å². The molecule has 2 saturated heterocycles. The van der Waals surface area contributed by atoms with Crippen LogP contribution in [0.5, 0.6) is 0 Å². The Morgan fingerprint density at radius 3 is 2.50 bits per heavy atom. The van der Waals surface area contributed by atoms with Crippen LogP contribution in [0.25, 0.3) is 0 Å². The number of benzene rings is 1. The van der Waals surface area contributed by atoms with Crippen LogP contribution in [0.2, 0.25) is 0 Å². The van der Waals surface area contributed by atoms with Crippen LogP contribution in [0, 0.1) is 11.8 Å². The van der Waals surface area contributed by atoms with E-state index in [1.165, 1.54) is 31.4 Å². The van der Waals surface area contributed by atoms with E-state index in [4.69, 9.17) is 0 Å². The first-order chi connectivity index (χ1) is 11.6. The summed E-state index contributed by atoms with van der Waals surface area (Å²) in [6.07, 6.45) is 5.65. The number of hydrogen-bond acceptors (Lipinski definition) is 3. The molecule has 3 aliphatic heterocycles. The van der Waals surface area contributed by atoms with E-state index in [2.05, 4.69) is 47.3 Å². The maximum atomic E-state index is 13.2. The predicted molar refractivity (Wildman–Crippen MR) is 98.5 cm³/mol. The molecule has 3 aliphatic rings. The van der Waals surface area contributed by atoms with Crippen LogP contribution >= 0.6 is 0 Å². The summed E-state index contributed by atoms with van der Waals surface area (Å²) in [4.78, 5) is 17.5. The monoisotopic (exact) mass is 327 g/mol. The molecule has 0 aromatic heterocycles. The van der Waals surface area contributed by atoms with Crippen molar-refractivity contribution in [3.05, 3.63) is 24.3 Å². The molecule has 0 aliphatic carbocycles. The summed E-state index contributed by atoms with van der Waals surface area (Å²) in [5.74, 6) is 1.35. The number of para-hydroxylation sites is 2. The van der Waals surface area contributed by atoms with Crippen LogP contribution in [0.3, 0.4) is 0 Å². The van der Waals surface area contributed by atoms with Gasteiger partial charge in [0.25, 0.3) is 0 Å². The third-order valence-electron chi connectivity index (χ3n) is 6.00. The van der Waals surface area contributed by atoms with Gasteiger partial charge >= 0.3 is 0 Å². The van der Waals surface area contributed by atoms with E-state index < -0.39 is 0 Å². The minimum Gasteiger partial charge on any atom is -0.373 e. The van der Waals surface area contributed by atoms with Gasteiger partial charge in [0.15, 0.2) is 0 Å². The third kappa shape index (κ3) is 3.04. The standard InChI is InChI=1S/C20H29N3O/c1-14-12-22(2)18-5-3-4-6-19(18)23(13-14)20(24)11-15-9-16-7-8-17(10-15)21-16/h3-6,14-17,21H,7-13H2,1-2H3. The lowest BCUT2D eigenvalue weighted by Gasteiger charge is -2.31. The first kappa shape index (κ1) is 15.9. The minimum atomic E-state index is 0.316. The summed E-state index contributed by atoms with van der Waals surface area (Å²) in [6.45, 7) is 4.07. The Labute approximate surface area is 145 Å². The van der Waals surface area contributed by atoms with E-state index in [1.807, 2.05) is 6.07 Å². The quantitative estimate of drug-likeness (QED) is 0.907. The number of fused-ring (bicyclic) bond motifs is 3. The van der Waals surface area contributed by atoms with Crippen molar-refractivity contribution in [2.45, 2.75) is 51.1 Å². The van der Waals surface area contributed by atoms with Crippen molar-refractivity contribution in [1.82, 2.24) is 5.32 Å². The van der Waals surface area contributed by atoms with E-state index in [0.717, 1.165) is 18.8 Å². The van der Waals surface area contributed by atoms with E-state index in [-0.39, 0.29) is 0 Å². The zero-order valence-electron chi connectivity index (χ0n) is 14.9. The molecule has 1 aromatic rings. The summed E-state index contributed by atoms with van der Waals surface area (Å²) < 4.78 is 0. The van der Waals surface area contributed by atoms with Gasteiger partial charge in [-0.3, -0.25) is 4.79 Å². The maximum absolute atomic E-state index is 13.2. The highest BCUT2D eigenvalue weighted by molar-refractivity contribution is 5.97. The zero-order valence-corrected chi connectivity index (χ0v) is 14.9. The second-order valence-corrected chi connectivity index (χ2v) is 8.16. The number of piperidine rings is 1. The third-order valence-corrected chi connectivity index (χ3v) is 6.00. The van der Waals surface area contributed by atoms with Gasteiger partial charge in [-0.15, -0.1) is 0 Å². The fraction of sp³-hybridized carbons (Fsp3) is 0.650. The lowest BCUT2D eigenvalue weighted by atomic mass is 9.89. The van der Waals surface area contributed by atoms with E-state index in [9.17, 15) is 4.79 Å². The number of amides is 1. The molecule has 0 radical (unpaired) electrons. The van der Waals surface area contributed by atoms with Crippen molar-refractivity contribution >= 4 is 17.3 Å². The van der Waals surface area contributed by atoms with Gasteiger partial charge in [0.2, 0.25) is 5.91 Å². The lowest BCUT2D eigenvalue weighted by molar-refractivity contribution is -0.119. The molecule has 4 heteroatoms. The molecule has 0 saturated carbocycles. The summed E-state index contributed by atoms with van der Waals surface area (Å²) in [5, 5.41) is 3.68. The molecule has 2 bridgehead atoms. The highest BCUT2D eigenvalue weighted by atomic mass is 16.2. The molecule has 24 heavy (non-hydrogen) atoms. The van der Waals surface area contributed by atoms with Gasteiger partial charge in [0.1, 0.15) is 0 Å². The number of hydrogen-bond donors (Lipinski definition) is 1. The largest absolute Gasteiger partial charge is 0.373 e. The molecular formula is C20H29N3O. The number of nitrogens with one attached hydrogen (secondary N) is 1. The van der Waals surface area contributed by atoms with Gasteiger partial charge in [-0.1, -0.05) is 19.1 Å². The molecule has 1 N–H and O–H groups in total. The second-order valence-electron chi connectivity index (χ2n) is 8.16. The highest BCUT2D eigenvalue weighted by Gasteiger charge is 2.35. The Bertz CT molecular complexity index is 605. The Morgan fingerprint density at radius 1 is 1.12 bits per heavy atom. The molecule has 3 atom stereocenters. The smallest absolute Gasteiger partial charge is 0.227 e. The van der Waals surface area contributed by atoms with Crippen LogP contribution < -0.4 is 15.1 Å². The van der Waals surface area contributed by atoms with Crippen LogP contribution in [0.4, 0.5) is 11.4 Å². The van der Waals surface area contributed by atoms with Crippen LogP contribution in [-0.2, 0) is 4.79 Å². The normalized spacial score (nSPS) is 32.4. The SMILES string of the molecule is CC1CN(C)c2ccccc2N(C(=O)CC2CC3CCC(C2)N3)C1. The van der Waals surface area contributed by atoms with Gasteiger partial charge in [0.05, 0.1) is 11.4 Å². The molecule has 0 spiro atoms. The number of anilines is 2. The van der Waals surface area contributed by atoms with Crippen molar-refractivity contribution in [3.8, 4) is 0 Å². The maximum Gasteiger partial charge on any atom is 0.227 e. The molecule has 1 aromatic carbocycles. The summed E-state index contributed by atoms with van der Waals surface area (Å²) in [5.41, 5.74) is 2.27. The Morgan fingerprint density at radius 2 is 1.79 bits per heavy atom. The van der Waals surface area contributed by atoms with Gasteiger partial charge in [-0.25, -0.2) is 0 Å². The van der Waals surface area contributed by atoms with Crippen molar-refractivity contribution in [2.24, 2.45) is 11.8 Å². The summed E-state index contributed by atoms with van der Waals surface area (Å²) >= 11 is 0. The Kier molecular flexibility index (Phi) is 4.25. The van der Waals surface area contributed by atoms with Gasteiger partial charge in [0, 0.05) is 38.6 Å². The lowest BCUT2D eigenvalue weighted by Crippen LogP contribution is -2.41. The molecular weight excluding hydrogens is 298 g/mol. The van der Waals surface area contributed by atoms with Crippen LogP contribution in [-0.4, -0.2) is 38.1 Å². The molecule has 4 nitrogen and oxygen atoms in total. The molecule has 130 valence electrons. The van der Waals surface area contributed by atoms with Crippen LogP contribution in [0.15, 0.2) is 24.3 Å². The van der Waals surface area contributed by atoms with Gasteiger partial charge in [-0.2, -0.15) is 0 Å². The number of carbonyl (C=O) groups is 1. The van der Waals surface area contributed by atoms with Crippen molar-refractivity contribution < 1.29 is 4.79 Å². The Balaban J connectivity index is 1.53. The molecule has 2 fully saturated rings. The summed E-state index contributed by atoms with van der Waals surface area (Å²) in [6, 6.07) is 9.67. The first-order valence-electron chi connectivity index (χ1n) is 9.46. The number of rotatable bonds is 2. The van der Waals surface area contributed by atoms with E-state index in [1.54, 1.807) is 0 Å². The van der Waals surface area contributed by atoms with Crippen molar-refractivity contribution in [1.29, 1.82) is 0 Å². The fourth-order valence-corrected chi connectivity index (χ4v) is 4.98. The zero-order chi connectivity index (χ0) is 16.7. The predicted octanol–water partition coefficient (Wildman–Crippen LogP) is 3.03. The topological polar surface area (TPSA) is 35.6 Å². The molecule has 4 rings (SSSR count). The fourth-order valence-electron chi connectivity index (χ4n) is 4.98. The Hall–Kier alpha value is -1.55. The van der Waals surface area contributed by atoms with E-state index in [0.29, 0.717) is 36.2 Å². The van der Waals surface area contributed by atoms with Gasteiger partial charge < -0.3 is 15.1 Å². The number of nitrogens with zero attached hydrogens (tertiary/aromatic N) is 2. The second kappa shape index (κ2) is 6.40. The van der Waals surface area contributed by atoms with E-state index >= 15 is 0 Å². The highest BCUT2D eigenvalue weighted by Crippen LogP contribution is 2.36. The van der Waals surface area contributed by atoms with Gasteiger partial charge in [-0.05, 0) is 49.7 Å². The van der Waals surface area contributed by atoms with Crippen LogP contribution in [0.1, 0.15) is 39.0 Å². The number of carbonyl (C=O) groups excluding carboxylic acids is 1. The average Bonchev–Trinajstić information content (AvgIpc) is 2.84. The molecule has 1 amide bonds. The molecule has 3 heterocycles. The van der Waals surface area contributed by atoms with Crippen molar-refractivity contribution in [3.63, 3.8) is 0 Å².